The Balaban J connectivity index is 4.39. The Hall–Kier alpha value is -0.550. The van der Waals surface area contributed by atoms with E-state index in [1.165, 1.54) is 25.8 Å². The van der Waals surface area contributed by atoms with Crippen molar-refractivity contribution in [2.45, 2.75) is 45.5 Å². The number of rotatable bonds is 5. The molecular weight excluding hydrogens is 228 g/mol. The number of aliphatic hydroxyl groups is 1. The zero-order valence-electron chi connectivity index (χ0n) is 10.4. The highest BCUT2D eigenvalue weighted by molar-refractivity contribution is 8.14. The van der Waals surface area contributed by atoms with E-state index in [2.05, 4.69) is 4.74 Å². The van der Waals surface area contributed by atoms with E-state index in [0.717, 1.165) is 0 Å². The fraction of sp³-hybridized carbons (Fsp3) is 0.818. The highest BCUT2D eigenvalue weighted by Crippen LogP contribution is 2.28. The number of methoxy groups -OCH3 is 1. The molecule has 5 heteroatoms. The molecule has 0 bridgehead atoms. The minimum absolute atomic E-state index is 0.00979. The fourth-order valence-corrected chi connectivity index (χ4v) is 2.18. The summed E-state index contributed by atoms with van der Waals surface area (Å²) >= 11 is 1.17. The van der Waals surface area contributed by atoms with Crippen molar-refractivity contribution >= 4 is 22.8 Å². The Bertz CT molecular complexity index is 263. The van der Waals surface area contributed by atoms with Gasteiger partial charge in [0.2, 0.25) is 0 Å². The quantitative estimate of drug-likeness (QED) is 0.749. The normalized spacial score (nSPS) is 15.4. The Labute approximate surface area is 101 Å². The van der Waals surface area contributed by atoms with Crippen LogP contribution in [0.1, 0.15) is 34.1 Å². The third-order valence-electron chi connectivity index (χ3n) is 2.47. The molecule has 0 aliphatic carbocycles. The van der Waals surface area contributed by atoms with Crippen LogP contribution in [0, 0.1) is 5.41 Å². The molecule has 0 radical (unpaired) electrons. The molecule has 0 aromatic carbocycles. The van der Waals surface area contributed by atoms with Gasteiger partial charge in [-0.05, 0) is 20.3 Å². The molecular formula is C11H20O4S. The van der Waals surface area contributed by atoms with Crippen LogP contribution in [0.3, 0.4) is 0 Å². The lowest BCUT2D eigenvalue weighted by molar-refractivity contribution is -0.157. The highest BCUT2D eigenvalue weighted by atomic mass is 32.2. The van der Waals surface area contributed by atoms with Gasteiger partial charge >= 0.3 is 5.97 Å². The molecule has 2 atom stereocenters. The number of hydrogen-bond acceptors (Lipinski definition) is 5. The molecule has 0 unspecified atom stereocenters. The molecule has 0 amide bonds. The molecule has 0 spiro atoms. The van der Waals surface area contributed by atoms with E-state index in [0.29, 0.717) is 6.42 Å². The summed E-state index contributed by atoms with van der Waals surface area (Å²) in [6, 6.07) is 0. The predicted molar refractivity (Wildman–Crippen MR) is 64.2 cm³/mol. The number of aliphatic hydroxyl groups excluding tert-OH is 1. The molecule has 0 fully saturated rings. The molecule has 0 saturated heterocycles. The van der Waals surface area contributed by atoms with Crippen LogP contribution >= 0.6 is 11.8 Å². The second-order valence-corrected chi connectivity index (χ2v) is 6.00. The van der Waals surface area contributed by atoms with Crippen LogP contribution in [-0.4, -0.2) is 34.7 Å². The van der Waals surface area contributed by atoms with Gasteiger partial charge < -0.3 is 9.84 Å². The van der Waals surface area contributed by atoms with Crippen molar-refractivity contribution in [3.63, 3.8) is 0 Å². The van der Waals surface area contributed by atoms with Crippen LogP contribution in [0.25, 0.3) is 0 Å². The van der Waals surface area contributed by atoms with Crippen LogP contribution in [0.15, 0.2) is 0 Å². The summed E-state index contributed by atoms with van der Waals surface area (Å²) < 4.78 is 4.63. The minimum atomic E-state index is -0.944. The van der Waals surface area contributed by atoms with E-state index in [-0.39, 0.29) is 10.4 Å². The van der Waals surface area contributed by atoms with Gasteiger partial charge in [-0.1, -0.05) is 18.7 Å². The van der Waals surface area contributed by atoms with Gasteiger partial charge in [0.05, 0.1) is 18.6 Å². The number of esters is 1. The lowest BCUT2D eigenvalue weighted by Crippen LogP contribution is -2.39. The van der Waals surface area contributed by atoms with Crippen LogP contribution in [0.2, 0.25) is 0 Å². The molecule has 4 nitrogen and oxygen atoms in total. The molecule has 0 rings (SSSR count). The Kier molecular flexibility index (Phi) is 6.04. The molecule has 0 aromatic heterocycles. The monoisotopic (exact) mass is 248 g/mol. The molecule has 0 saturated carbocycles. The van der Waals surface area contributed by atoms with Crippen molar-refractivity contribution in [3.8, 4) is 0 Å². The first-order valence-electron chi connectivity index (χ1n) is 5.15. The van der Waals surface area contributed by atoms with Crippen LogP contribution in [0.4, 0.5) is 0 Å². The summed E-state index contributed by atoms with van der Waals surface area (Å²) in [5, 5.41) is 9.93. The lowest BCUT2D eigenvalue weighted by atomic mass is 9.84. The van der Waals surface area contributed by atoms with Gasteiger partial charge in [-0.3, -0.25) is 9.59 Å². The van der Waals surface area contributed by atoms with Crippen LogP contribution in [0.5, 0.6) is 0 Å². The zero-order valence-corrected chi connectivity index (χ0v) is 11.3. The molecule has 0 heterocycles. The number of carbonyl (C=O) groups is 2. The second-order valence-electron chi connectivity index (χ2n) is 4.38. The standard InChI is InChI=1S/C11H20O4S/c1-7(16-8(2)12)6-9(13)11(3,4)10(14)15-5/h7,9,13H,6H2,1-5H3/t7-,9+/m1/s1. The average molecular weight is 248 g/mol. The summed E-state index contributed by atoms with van der Waals surface area (Å²) in [6.07, 6.45) is -0.436. The van der Waals surface area contributed by atoms with Crippen molar-refractivity contribution in [2.75, 3.05) is 7.11 Å². The van der Waals surface area contributed by atoms with Crippen molar-refractivity contribution in [1.29, 1.82) is 0 Å². The largest absolute Gasteiger partial charge is 0.469 e. The molecule has 0 aliphatic heterocycles. The minimum Gasteiger partial charge on any atom is -0.469 e. The van der Waals surface area contributed by atoms with E-state index in [1.807, 2.05) is 6.92 Å². The summed E-state index contributed by atoms with van der Waals surface area (Å²) in [4.78, 5) is 22.3. The first-order chi connectivity index (χ1) is 7.21. The van der Waals surface area contributed by atoms with E-state index in [9.17, 15) is 14.7 Å². The van der Waals surface area contributed by atoms with E-state index < -0.39 is 17.5 Å². The van der Waals surface area contributed by atoms with E-state index >= 15 is 0 Å². The van der Waals surface area contributed by atoms with Gasteiger partial charge in [-0.15, -0.1) is 0 Å². The summed E-state index contributed by atoms with van der Waals surface area (Å²) in [6.45, 7) is 6.60. The summed E-state index contributed by atoms with van der Waals surface area (Å²) in [7, 11) is 1.30. The first-order valence-corrected chi connectivity index (χ1v) is 6.03. The Morgan fingerprint density at radius 1 is 1.44 bits per heavy atom. The molecule has 1 N–H and O–H groups in total. The molecule has 0 aromatic rings. The van der Waals surface area contributed by atoms with Crippen LogP contribution in [-0.2, 0) is 14.3 Å². The third kappa shape index (κ3) is 4.53. The Morgan fingerprint density at radius 2 is 1.94 bits per heavy atom. The maximum Gasteiger partial charge on any atom is 0.313 e. The second kappa shape index (κ2) is 6.25. The predicted octanol–water partition coefficient (Wildman–Crippen LogP) is 1.60. The van der Waals surface area contributed by atoms with E-state index in [4.69, 9.17) is 0 Å². The summed E-state index contributed by atoms with van der Waals surface area (Å²) in [5.41, 5.74) is -0.944. The van der Waals surface area contributed by atoms with Crippen molar-refractivity contribution < 1.29 is 19.4 Å². The van der Waals surface area contributed by atoms with Crippen molar-refractivity contribution in [1.82, 2.24) is 0 Å². The van der Waals surface area contributed by atoms with E-state index in [1.54, 1.807) is 13.8 Å². The maximum absolute atomic E-state index is 11.4. The molecule has 16 heavy (non-hydrogen) atoms. The molecule has 94 valence electrons. The van der Waals surface area contributed by atoms with Crippen LogP contribution < -0.4 is 0 Å². The van der Waals surface area contributed by atoms with Gasteiger partial charge in [0, 0.05) is 12.2 Å². The van der Waals surface area contributed by atoms with Crippen molar-refractivity contribution in [2.24, 2.45) is 5.41 Å². The first kappa shape index (κ1) is 15.4. The van der Waals surface area contributed by atoms with Gasteiger partial charge in [0.1, 0.15) is 0 Å². The third-order valence-corrected chi connectivity index (χ3v) is 3.39. The Morgan fingerprint density at radius 3 is 2.31 bits per heavy atom. The lowest BCUT2D eigenvalue weighted by Gasteiger charge is -2.29. The zero-order chi connectivity index (χ0) is 12.9. The number of ether oxygens (including phenoxy) is 1. The number of hydrogen-bond donors (Lipinski definition) is 1. The average Bonchev–Trinajstić information content (AvgIpc) is 2.14. The number of carbonyl (C=O) groups excluding carboxylic acids is 2. The maximum atomic E-state index is 11.4. The topological polar surface area (TPSA) is 63.6 Å². The number of thioether (sulfide) groups is 1. The van der Waals surface area contributed by atoms with Gasteiger partial charge in [0.25, 0.3) is 0 Å². The SMILES string of the molecule is COC(=O)C(C)(C)[C@@H](O)C[C@@H](C)SC(C)=O. The molecule has 0 aliphatic rings. The fourth-order valence-electron chi connectivity index (χ4n) is 1.34. The van der Waals surface area contributed by atoms with Crippen molar-refractivity contribution in [3.05, 3.63) is 0 Å². The van der Waals surface area contributed by atoms with Gasteiger partial charge in [-0.2, -0.15) is 0 Å². The van der Waals surface area contributed by atoms with Gasteiger partial charge in [0.15, 0.2) is 5.12 Å². The highest BCUT2D eigenvalue weighted by Gasteiger charge is 2.37. The summed E-state index contributed by atoms with van der Waals surface area (Å²) in [5.74, 6) is -0.444. The van der Waals surface area contributed by atoms with Gasteiger partial charge in [-0.25, -0.2) is 0 Å². The smallest absolute Gasteiger partial charge is 0.313 e.